The summed E-state index contributed by atoms with van der Waals surface area (Å²) in [7, 11) is 1.59. The number of benzene rings is 2. The third kappa shape index (κ3) is 3.52. The molecule has 0 atom stereocenters. The van der Waals surface area contributed by atoms with Gasteiger partial charge in [-0.05, 0) is 46.1 Å². The fourth-order valence-electron chi connectivity index (χ4n) is 1.92. The lowest BCUT2D eigenvalue weighted by Gasteiger charge is -2.10. The van der Waals surface area contributed by atoms with Gasteiger partial charge >= 0.3 is 5.69 Å². The van der Waals surface area contributed by atoms with Crippen LogP contribution in [-0.2, 0) is 6.61 Å². The van der Waals surface area contributed by atoms with E-state index >= 15 is 0 Å². The van der Waals surface area contributed by atoms with Crippen LogP contribution in [0.1, 0.15) is 11.1 Å². The quantitative estimate of drug-likeness (QED) is 0.596. The molecule has 0 aliphatic rings. The van der Waals surface area contributed by atoms with Crippen LogP contribution in [0, 0.1) is 17.0 Å². The summed E-state index contributed by atoms with van der Waals surface area (Å²) in [4.78, 5) is 10.6. The molecule has 0 saturated carbocycles. The van der Waals surface area contributed by atoms with Crippen molar-refractivity contribution in [1.82, 2.24) is 0 Å². The van der Waals surface area contributed by atoms with Gasteiger partial charge in [0.2, 0.25) is 0 Å². The molecule has 110 valence electrons. The molecule has 0 amide bonds. The second-order valence-electron chi connectivity index (χ2n) is 4.44. The smallest absolute Gasteiger partial charge is 0.311 e. The second-order valence-corrected chi connectivity index (χ2v) is 5.29. The summed E-state index contributed by atoms with van der Waals surface area (Å²) in [5.74, 6) is 1.02. The molecular weight excluding hydrogens is 338 g/mol. The average Bonchev–Trinajstić information content (AvgIpc) is 2.45. The van der Waals surface area contributed by atoms with Crippen LogP contribution in [0.4, 0.5) is 5.69 Å². The largest absolute Gasteiger partial charge is 0.496 e. The molecule has 5 nitrogen and oxygen atoms in total. The zero-order chi connectivity index (χ0) is 15.4. The minimum atomic E-state index is -0.438. The number of rotatable bonds is 5. The van der Waals surface area contributed by atoms with Crippen LogP contribution < -0.4 is 9.47 Å². The van der Waals surface area contributed by atoms with Crippen molar-refractivity contribution in [2.75, 3.05) is 7.11 Å². The highest BCUT2D eigenvalue weighted by Crippen LogP contribution is 2.32. The molecule has 0 heterocycles. The van der Waals surface area contributed by atoms with Gasteiger partial charge in [0.15, 0.2) is 5.75 Å². The van der Waals surface area contributed by atoms with E-state index in [4.69, 9.17) is 9.47 Å². The zero-order valence-electron chi connectivity index (χ0n) is 11.6. The Morgan fingerprint density at radius 2 is 2.05 bits per heavy atom. The Morgan fingerprint density at radius 3 is 2.67 bits per heavy atom. The summed E-state index contributed by atoms with van der Waals surface area (Å²) in [6.45, 7) is 2.03. The fraction of sp³-hybridized carbons (Fsp3) is 0.200. The van der Waals surface area contributed by atoms with Gasteiger partial charge in [-0.25, -0.2) is 0 Å². The molecule has 0 saturated heterocycles. The maximum atomic E-state index is 11.0. The molecule has 2 aromatic carbocycles. The fourth-order valence-corrected chi connectivity index (χ4v) is 2.51. The molecule has 21 heavy (non-hydrogen) atoms. The van der Waals surface area contributed by atoms with Crippen LogP contribution in [0.5, 0.6) is 11.5 Å². The Balaban J connectivity index is 2.20. The number of halogens is 1. The van der Waals surface area contributed by atoms with E-state index in [1.54, 1.807) is 26.2 Å². The number of nitro benzene ring substituents is 1. The molecule has 0 aromatic heterocycles. The summed E-state index contributed by atoms with van der Waals surface area (Å²) in [6, 6.07) is 10.4. The molecule has 0 aliphatic carbocycles. The number of nitro groups is 1. The van der Waals surface area contributed by atoms with E-state index in [2.05, 4.69) is 15.9 Å². The molecule has 0 radical (unpaired) electrons. The van der Waals surface area contributed by atoms with E-state index in [9.17, 15) is 10.1 Å². The lowest BCUT2D eigenvalue weighted by molar-refractivity contribution is -0.386. The highest BCUT2D eigenvalue weighted by Gasteiger charge is 2.17. The minimum absolute atomic E-state index is 0.0254. The van der Waals surface area contributed by atoms with E-state index in [1.165, 1.54) is 6.07 Å². The summed E-state index contributed by atoms with van der Waals surface area (Å²) in [5, 5.41) is 11.0. The predicted octanol–water partition coefficient (Wildman–Crippen LogP) is 4.25. The summed E-state index contributed by atoms with van der Waals surface area (Å²) in [5.41, 5.74) is 1.60. The first-order valence-electron chi connectivity index (χ1n) is 6.22. The Morgan fingerprint density at radius 1 is 1.29 bits per heavy atom. The van der Waals surface area contributed by atoms with Crippen LogP contribution in [-0.4, -0.2) is 12.0 Å². The lowest BCUT2D eigenvalue weighted by atomic mass is 10.2. The normalized spacial score (nSPS) is 10.2. The van der Waals surface area contributed by atoms with Gasteiger partial charge in [0.25, 0.3) is 0 Å². The van der Waals surface area contributed by atoms with E-state index in [0.29, 0.717) is 5.75 Å². The highest BCUT2D eigenvalue weighted by atomic mass is 79.9. The highest BCUT2D eigenvalue weighted by molar-refractivity contribution is 9.10. The molecule has 0 N–H and O–H groups in total. The molecular formula is C15H14BrNO4. The van der Waals surface area contributed by atoms with Gasteiger partial charge in [-0.3, -0.25) is 10.1 Å². The van der Waals surface area contributed by atoms with Crippen molar-refractivity contribution in [3.8, 4) is 11.5 Å². The lowest BCUT2D eigenvalue weighted by Crippen LogP contribution is -2.01. The minimum Gasteiger partial charge on any atom is -0.496 e. The number of hydrogen-bond acceptors (Lipinski definition) is 4. The second kappa shape index (κ2) is 6.58. The Hall–Kier alpha value is -2.08. The number of hydrogen-bond donors (Lipinski definition) is 0. The van der Waals surface area contributed by atoms with Crippen molar-refractivity contribution in [2.45, 2.75) is 13.5 Å². The first-order chi connectivity index (χ1) is 10.0. The average molecular weight is 352 g/mol. The number of ether oxygens (including phenoxy) is 2. The van der Waals surface area contributed by atoms with Crippen LogP contribution in [0.25, 0.3) is 0 Å². The monoisotopic (exact) mass is 351 g/mol. The third-order valence-electron chi connectivity index (χ3n) is 2.99. The molecule has 0 spiro atoms. The van der Waals surface area contributed by atoms with E-state index in [-0.39, 0.29) is 12.3 Å². The number of nitrogens with zero attached hydrogens (tertiary/aromatic N) is 1. The molecule has 2 aromatic rings. The van der Waals surface area contributed by atoms with Crippen molar-refractivity contribution in [3.63, 3.8) is 0 Å². The van der Waals surface area contributed by atoms with Crippen molar-refractivity contribution in [3.05, 3.63) is 62.1 Å². The maximum absolute atomic E-state index is 11.0. The van der Waals surface area contributed by atoms with Crippen LogP contribution in [0.2, 0.25) is 0 Å². The molecule has 0 unspecified atom stereocenters. The topological polar surface area (TPSA) is 61.6 Å². The standard InChI is InChI=1S/C15H14BrNO4/c1-10-4-3-5-13(17(18)19)15(10)21-9-11-6-7-14(20-2)12(16)8-11/h3-8H,9H2,1-2H3. The van der Waals surface area contributed by atoms with Gasteiger partial charge < -0.3 is 9.47 Å². The van der Waals surface area contributed by atoms with Gasteiger partial charge in [-0.2, -0.15) is 0 Å². The first kappa shape index (κ1) is 15.3. The predicted molar refractivity (Wildman–Crippen MR) is 82.9 cm³/mol. The van der Waals surface area contributed by atoms with Crippen molar-refractivity contribution in [2.24, 2.45) is 0 Å². The summed E-state index contributed by atoms with van der Waals surface area (Å²) >= 11 is 3.40. The van der Waals surface area contributed by atoms with Gasteiger partial charge in [0, 0.05) is 6.07 Å². The van der Waals surface area contributed by atoms with Gasteiger partial charge in [-0.15, -0.1) is 0 Å². The molecule has 6 heteroatoms. The van der Waals surface area contributed by atoms with E-state index in [1.807, 2.05) is 18.2 Å². The van der Waals surface area contributed by atoms with Gasteiger partial charge in [0.05, 0.1) is 16.5 Å². The van der Waals surface area contributed by atoms with Crippen LogP contribution in [0.15, 0.2) is 40.9 Å². The molecule has 0 fully saturated rings. The molecule has 0 aliphatic heterocycles. The first-order valence-corrected chi connectivity index (χ1v) is 7.01. The number of methoxy groups -OCH3 is 1. The maximum Gasteiger partial charge on any atom is 0.311 e. The van der Waals surface area contributed by atoms with Crippen molar-refractivity contribution >= 4 is 21.6 Å². The van der Waals surface area contributed by atoms with Gasteiger partial charge in [-0.1, -0.05) is 18.2 Å². The Bertz CT molecular complexity index is 673. The Kier molecular flexibility index (Phi) is 4.80. The number of aryl methyl sites for hydroxylation is 1. The van der Waals surface area contributed by atoms with Crippen LogP contribution in [0.3, 0.4) is 0 Å². The Labute approximate surface area is 130 Å². The SMILES string of the molecule is COc1ccc(COc2c(C)cccc2[N+](=O)[O-])cc1Br. The van der Waals surface area contributed by atoms with Gasteiger partial charge in [0.1, 0.15) is 12.4 Å². The number of para-hydroxylation sites is 1. The van der Waals surface area contributed by atoms with Crippen LogP contribution >= 0.6 is 15.9 Å². The molecule has 2 rings (SSSR count). The van der Waals surface area contributed by atoms with Crippen molar-refractivity contribution < 1.29 is 14.4 Å². The third-order valence-corrected chi connectivity index (χ3v) is 3.61. The zero-order valence-corrected chi connectivity index (χ0v) is 13.2. The van der Waals surface area contributed by atoms with E-state index in [0.717, 1.165) is 21.3 Å². The van der Waals surface area contributed by atoms with E-state index < -0.39 is 4.92 Å². The van der Waals surface area contributed by atoms with Crippen molar-refractivity contribution in [1.29, 1.82) is 0 Å². The molecule has 0 bridgehead atoms. The summed E-state index contributed by atoms with van der Waals surface area (Å²) < 4.78 is 11.6. The summed E-state index contributed by atoms with van der Waals surface area (Å²) in [6.07, 6.45) is 0.